The van der Waals surface area contributed by atoms with Gasteiger partial charge >= 0.3 is 0 Å². The fraction of sp³-hybridized carbons (Fsp3) is 0.469. The van der Waals surface area contributed by atoms with Gasteiger partial charge in [-0.25, -0.2) is 0 Å². The number of nitrogens with one attached hydrogen (secondary N) is 4. The van der Waals surface area contributed by atoms with Gasteiger partial charge in [-0.05, 0) is 56.1 Å². The van der Waals surface area contributed by atoms with Crippen LogP contribution in [0.1, 0.15) is 50.0 Å². The van der Waals surface area contributed by atoms with Crippen molar-refractivity contribution in [1.29, 1.82) is 0 Å². The Labute approximate surface area is 253 Å². The van der Waals surface area contributed by atoms with E-state index in [1.807, 2.05) is 42.5 Å². The molecule has 0 radical (unpaired) electrons. The predicted molar refractivity (Wildman–Crippen MR) is 165 cm³/mol. The summed E-state index contributed by atoms with van der Waals surface area (Å²) >= 11 is 0. The number of Topliss-reactive ketones (excluding diaryl/α,β-unsaturated/α-hetero) is 1. The standard InChI is InChI=1S/C32H44N6O5/c1-6-26(35-30(41)24-12-14-25(15-13-24)38-18-16-37(5)17-19-38)31(42)34-22(4)29(40)36-27(21(2)3)28(39)32(43)33-20-23-10-8-7-9-11-23/h7-15,21-22,26-27H,6,16-20H2,1-5H3,(H,33,43)(H,34,42)(H,35,41)(H,36,40)/t22-,26-,27-/m0/s1. The van der Waals surface area contributed by atoms with E-state index >= 15 is 0 Å². The number of hydrogen-bond acceptors (Lipinski definition) is 7. The number of likely N-dealkylation sites (N-methyl/N-ethyl adjacent to an activating group) is 1. The summed E-state index contributed by atoms with van der Waals surface area (Å²) in [5.41, 5.74) is 2.31. The minimum absolute atomic E-state index is 0.182. The fourth-order valence-electron chi connectivity index (χ4n) is 4.68. The zero-order valence-electron chi connectivity index (χ0n) is 25.7. The van der Waals surface area contributed by atoms with E-state index in [-0.39, 0.29) is 12.5 Å². The van der Waals surface area contributed by atoms with Gasteiger partial charge in [-0.2, -0.15) is 0 Å². The van der Waals surface area contributed by atoms with Gasteiger partial charge < -0.3 is 31.1 Å². The zero-order chi connectivity index (χ0) is 31.5. The molecule has 11 heteroatoms. The maximum absolute atomic E-state index is 13.0. The topological polar surface area (TPSA) is 140 Å². The van der Waals surface area contributed by atoms with Crippen LogP contribution >= 0.6 is 0 Å². The second-order valence-corrected chi connectivity index (χ2v) is 11.3. The molecule has 3 atom stereocenters. The van der Waals surface area contributed by atoms with Crippen LogP contribution in [0, 0.1) is 5.92 Å². The Morgan fingerprint density at radius 3 is 2.00 bits per heavy atom. The van der Waals surface area contributed by atoms with Crippen molar-refractivity contribution in [2.75, 3.05) is 38.1 Å². The number of anilines is 1. The van der Waals surface area contributed by atoms with E-state index in [0.717, 1.165) is 37.4 Å². The number of carbonyl (C=O) groups is 5. The van der Waals surface area contributed by atoms with Gasteiger partial charge in [-0.1, -0.05) is 51.1 Å². The molecule has 11 nitrogen and oxygen atoms in total. The highest BCUT2D eigenvalue weighted by atomic mass is 16.2. The van der Waals surface area contributed by atoms with Crippen molar-refractivity contribution < 1.29 is 24.0 Å². The first-order chi connectivity index (χ1) is 20.5. The van der Waals surface area contributed by atoms with Crippen molar-refractivity contribution in [3.63, 3.8) is 0 Å². The predicted octanol–water partition coefficient (Wildman–Crippen LogP) is 1.48. The lowest BCUT2D eigenvalue weighted by Crippen LogP contribution is -2.56. The van der Waals surface area contributed by atoms with Crippen LogP contribution in [0.3, 0.4) is 0 Å². The molecular weight excluding hydrogens is 548 g/mol. The van der Waals surface area contributed by atoms with Crippen LogP contribution in [0.15, 0.2) is 54.6 Å². The number of nitrogens with zero attached hydrogens (tertiary/aromatic N) is 2. The van der Waals surface area contributed by atoms with Crippen LogP contribution in [-0.2, 0) is 25.7 Å². The third-order valence-electron chi connectivity index (χ3n) is 7.55. The average Bonchev–Trinajstić information content (AvgIpc) is 3.01. The maximum atomic E-state index is 13.0. The summed E-state index contributed by atoms with van der Waals surface area (Å²) in [5.74, 6) is -3.47. The van der Waals surface area contributed by atoms with Gasteiger partial charge in [0.05, 0.1) is 6.04 Å². The van der Waals surface area contributed by atoms with Gasteiger partial charge in [0.1, 0.15) is 12.1 Å². The lowest BCUT2D eigenvalue weighted by molar-refractivity contribution is -0.141. The van der Waals surface area contributed by atoms with Crippen molar-refractivity contribution in [3.8, 4) is 0 Å². The Morgan fingerprint density at radius 1 is 0.791 bits per heavy atom. The van der Waals surface area contributed by atoms with E-state index < -0.39 is 47.5 Å². The molecule has 2 aromatic rings. The Balaban J connectivity index is 1.52. The van der Waals surface area contributed by atoms with Gasteiger partial charge in [0.2, 0.25) is 17.6 Å². The van der Waals surface area contributed by atoms with E-state index in [1.165, 1.54) is 6.92 Å². The van der Waals surface area contributed by atoms with Crippen molar-refractivity contribution in [2.45, 2.75) is 58.8 Å². The second kappa shape index (κ2) is 15.8. The molecule has 3 rings (SSSR count). The van der Waals surface area contributed by atoms with Gasteiger partial charge in [0, 0.05) is 44.0 Å². The molecule has 2 aromatic carbocycles. The minimum Gasteiger partial charge on any atom is -0.369 e. The Morgan fingerprint density at radius 2 is 1.42 bits per heavy atom. The lowest BCUT2D eigenvalue weighted by Gasteiger charge is -2.34. The lowest BCUT2D eigenvalue weighted by atomic mass is 9.98. The first-order valence-electron chi connectivity index (χ1n) is 14.8. The first-order valence-corrected chi connectivity index (χ1v) is 14.8. The summed E-state index contributed by atoms with van der Waals surface area (Å²) in [6.45, 7) is 10.6. The highest BCUT2D eigenvalue weighted by molar-refractivity contribution is 6.38. The number of carbonyl (C=O) groups excluding carboxylic acids is 5. The van der Waals surface area contributed by atoms with Gasteiger partial charge in [-0.3, -0.25) is 24.0 Å². The monoisotopic (exact) mass is 592 g/mol. The molecule has 4 amide bonds. The van der Waals surface area contributed by atoms with E-state index in [2.05, 4.69) is 38.1 Å². The highest BCUT2D eigenvalue weighted by Gasteiger charge is 2.32. The molecule has 1 saturated heterocycles. The molecule has 0 aliphatic carbocycles. The Bertz CT molecular complexity index is 1260. The summed E-state index contributed by atoms with van der Waals surface area (Å²) in [4.78, 5) is 68.7. The third-order valence-corrected chi connectivity index (χ3v) is 7.55. The molecule has 0 spiro atoms. The normalized spacial score (nSPS) is 15.6. The van der Waals surface area contributed by atoms with Crippen LogP contribution in [0.5, 0.6) is 0 Å². The number of piperazine rings is 1. The molecule has 1 heterocycles. The van der Waals surface area contributed by atoms with Crippen molar-refractivity contribution in [1.82, 2.24) is 26.2 Å². The largest absolute Gasteiger partial charge is 0.369 e. The first kappa shape index (κ1) is 33.3. The van der Waals surface area contributed by atoms with Gasteiger partial charge in [-0.15, -0.1) is 0 Å². The van der Waals surface area contributed by atoms with Gasteiger partial charge in [0.25, 0.3) is 11.8 Å². The molecule has 0 unspecified atom stereocenters. The van der Waals surface area contributed by atoms with Crippen molar-refractivity contribution in [2.24, 2.45) is 5.92 Å². The van der Waals surface area contributed by atoms with Crippen LogP contribution < -0.4 is 26.2 Å². The van der Waals surface area contributed by atoms with E-state index in [4.69, 9.17) is 0 Å². The summed E-state index contributed by atoms with van der Waals surface area (Å²) in [6.07, 6.45) is 0.306. The summed E-state index contributed by atoms with van der Waals surface area (Å²) in [6, 6.07) is 13.5. The van der Waals surface area contributed by atoms with Crippen molar-refractivity contribution >= 4 is 35.1 Å². The molecule has 1 fully saturated rings. The molecule has 0 aromatic heterocycles. The SMILES string of the molecule is CC[C@H](NC(=O)c1ccc(N2CCN(C)CC2)cc1)C(=O)N[C@@H](C)C(=O)N[C@H](C(=O)C(=O)NCc1ccccc1)C(C)C. The second-order valence-electron chi connectivity index (χ2n) is 11.3. The van der Waals surface area contributed by atoms with Gasteiger partial charge in [0.15, 0.2) is 0 Å². The maximum Gasteiger partial charge on any atom is 0.289 e. The van der Waals surface area contributed by atoms with Crippen molar-refractivity contribution in [3.05, 3.63) is 65.7 Å². The molecule has 4 N–H and O–H groups in total. The number of benzene rings is 2. The Kier molecular flexibility index (Phi) is 12.2. The van der Waals surface area contributed by atoms with Crippen LogP contribution in [-0.4, -0.2) is 85.7 Å². The molecule has 232 valence electrons. The van der Waals surface area contributed by atoms with E-state index in [1.54, 1.807) is 32.9 Å². The summed E-state index contributed by atoms with van der Waals surface area (Å²) < 4.78 is 0. The van der Waals surface area contributed by atoms with Crippen LogP contribution in [0.2, 0.25) is 0 Å². The minimum atomic E-state index is -1.07. The zero-order valence-corrected chi connectivity index (χ0v) is 25.7. The molecule has 43 heavy (non-hydrogen) atoms. The number of ketones is 1. The molecule has 0 bridgehead atoms. The Hall–Kier alpha value is -4.25. The molecule has 1 aliphatic heterocycles. The number of rotatable bonds is 13. The quantitative estimate of drug-likeness (QED) is 0.258. The highest BCUT2D eigenvalue weighted by Crippen LogP contribution is 2.17. The van der Waals surface area contributed by atoms with Crippen LogP contribution in [0.25, 0.3) is 0 Å². The van der Waals surface area contributed by atoms with Crippen LogP contribution in [0.4, 0.5) is 5.69 Å². The molecule has 0 saturated carbocycles. The summed E-state index contributed by atoms with van der Waals surface area (Å²) in [5, 5.41) is 10.5. The van der Waals surface area contributed by atoms with E-state index in [9.17, 15) is 24.0 Å². The third kappa shape index (κ3) is 9.64. The smallest absolute Gasteiger partial charge is 0.289 e. The fourth-order valence-corrected chi connectivity index (χ4v) is 4.68. The number of hydrogen-bond donors (Lipinski definition) is 4. The summed E-state index contributed by atoms with van der Waals surface area (Å²) in [7, 11) is 2.09. The molecule has 1 aliphatic rings. The number of amides is 4. The van der Waals surface area contributed by atoms with E-state index in [0.29, 0.717) is 12.0 Å². The molecular formula is C32H44N6O5. The average molecular weight is 593 g/mol.